The number of hydrogen-bond donors (Lipinski definition) is 5. The van der Waals surface area contributed by atoms with E-state index in [0.717, 1.165) is 6.08 Å². The Kier molecular flexibility index (Phi) is 13.7. The first-order valence-electron chi connectivity index (χ1n) is 9.48. The van der Waals surface area contributed by atoms with E-state index in [-0.39, 0.29) is 37.0 Å². The average molecular weight is 464 g/mol. The van der Waals surface area contributed by atoms with Crippen molar-refractivity contribution >= 4 is 35.4 Å². The van der Waals surface area contributed by atoms with Crippen LogP contribution in [0.15, 0.2) is 60.3 Å². The Balaban J connectivity index is 0.000000622. The second-order valence-electron chi connectivity index (χ2n) is 6.43. The lowest BCUT2D eigenvalue weighted by molar-refractivity contribution is -0.144. The normalized spacial score (nSPS) is 17.4. The van der Waals surface area contributed by atoms with Crippen LogP contribution in [0.4, 0.5) is 0 Å². The summed E-state index contributed by atoms with van der Waals surface area (Å²) < 4.78 is 0. The molecule has 0 aliphatic heterocycles. The van der Waals surface area contributed by atoms with Crippen molar-refractivity contribution in [2.24, 2.45) is 5.92 Å². The molecule has 11 nitrogen and oxygen atoms in total. The van der Waals surface area contributed by atoms with E-state index in [1.54, 1.807) is 0 Å². The number of carbonyl (C=O) groups excluding carboxylic acids is 2. The highest BCUT2D eigenvalue weighted by Gasteiger charge is 2.33. The van der Waals surface area contributed by atoms with E-state index in [9.17, 15) is 33.9 Å². The van der Waals surface area contributed by atoms with Crippen LogP contribution in [0.25, 0.3) is 0 Å². The number of ketones is 2. The molecule has 33 heavy (non-hydrogen) atoms. The second kappa shape index (κ2) is 15.6. The Morgan fingerprint density at radius 1 is 0.758 bits per heavy atom. The zero-order valence-electron chi connectivity index (χ0n) is 17.4. The maximum Gasteiger partial charge on any atom is 0.328 e. The fraction of sp³-hybridized carbons (Fsp3) is 0.273. The number of aliphatic hydroxyl groups excluding tert-OH is 1. The number of hydrogen-bond acceptors (Lipinski definition) is 7. The fourth-order valence-electron chi connectivity index (χ4n) is 2.32. The molecule has 0 heterocycles. The number of Topliss-reactive ketones (excluding diaryl/α,β-unsaturated/α-hetero) is 1. The van der Waals surface area contributed by atoms with Gasteiger partial charge in [0.2, 0.25) is 0 Å². The van der Waals surface area contributed by atoms with E-state index in [1.165, 1.54) is 48.6 Å². The first kappa shape index (κ1) is 28.9. The number of rotatable bonds is 12. The van der Waals surface area contributed by atoms with Gasteiger partial charge in [-0.1, -0.05) is 42.5 Å². The first-order chi connectivity index (χ1) is 15.5. The molecule has 0 aromatic rings. The summed E-state index contributed by atoms with van der Waals surface area (Å²) in [5.74, 6) is -6.67. The van der Waals surface area contributed by atoms with Gasteiger partial charge in [-0.3, -0.25) is 24.0 Å². The summed E-state index contributed by atoms with van der Waals surface area (Å²) in [6.45, 7) is 0. The molecule has 0 saturated heterocycles. The number of carboxylic acids is 4. The SMILES string of the molecule is O=C(O)/C=C/C=C\C=C\C(=O)CCC(=O)O.O=C(O)CCC(=O)C1=CC=C[C@@H](O)C1C(=O)O. The predicted molar refractivity (Wildman–Crippen MR) is 113 cm³/mol. The average Bonchev–Trinajstić information content (AvgIpc) is 2.72. The Hall–Kier alpha value is -4.12. The topological polar surface area (TPSA) is 204 Å². The van der Waals surface area contributed by atoms with Gasteiger partial charge in [-0.25, -0.2) is 4.79 Å². The zero-order valence-corrected chi connectivity index (χ0v) is 17.4. The molecule has 1 aliphatic carbocycles. The van der Waals surface area contributed by atoms with Crippen LogP contribution < -0.4 is 0 Å². The highest BCUT2D eigenvalue weighted by molar-refractivity contribution is 6.02. The van der Waals surface area contributed by atoms with Crippen LogP contribution in [0.2, 0.25) is 0 Å². The highest BCUT2D eigenvalue weighted by Crippen LogP contribution is 2.23. The lowest BCUT2D eigenvalue weighted by Crippen LogP contribution is -2.33. The fourth-order valence-corrected chi connectivity index (χ4v) is 2.32. The summed E-state index contributed by atoms with van der Waals surface area (Å²) in [6.07, 6.45) is 9.72. The first-order valence-corrected chi connectivity index (χ1v) is 9.48. The van der Waals surface area contributed by atoms with Crippen LogP contribution in [0.3, 0.4) is 0 Å². The Morgan fingerprint density at radius 2 is 1.30 bits per heavy atom. The monoisotopic (exact) mass is 464 g/mol. The van der Waals surface area contributed by atoms with Crippen LogP contribution in [-0.2, 0) is 28.8 Å². The van der Waals surface area contributed by atoms with E-state index in [0.29, 0.717) is 0 Å². The molecular formula is C22H24O11. The Labute approximate surface area is 188 Å². The molecule has 2 atom stereocenters. The van der Waals surface area contributed by atoms with Gasteiger partial charge in [0, 0.05) is 24.5 Å². The van der Waals surface area contributed by atoms with Crippen molar-refractivity contribution in [3.05, 3.63) is 60.3 Å². The van der Waals surface area contributed by atoms with E-state index < -0.39 is 41.7 Å². The molecule has 1 unspecified atom stereocenters. The third kappa shape index (κ3) is 13.7. The van der Waals surface area contributed by atoms with Crippen molar-refractivity contribution in [3.63, 3.8) is 0 Å². The summed E-state index contributed by atoms with van der Waals surface area (Å²) in [7, 11) is 0. The molecule has 0 aromatic heterocycles. The molecule has 11 heteroatoms. The van der Waals surface area contributed by atoms with Gasteiger partial charge in [-0.05, 0) is 6.08 Å². The lowest BCUT2D eigenvalue weighted by Gasteiger charge is -2.21. The van der Waals surface area contributed by atoms with Crippen LogP contribution in [0, 0.1) is 5.92 Å². The summed E-state index contributed by atoms with van der Waals surface area (Å²) in [5.41, 5.74) is -0.0613. The van der Waals surface area contributed by atoms with Gasteiger partial charge in [0.25, 0.3) is 0 Å². The zero-order chi connectivity index (χ0) is 25.4. The lowest BCUT2D eigenvalue weighted by atomic mass is 9.85. The van der Waals surface area contributed by atoms with E-state index in [4.69, 9.17) is 20.4 Å². The van der Waals surface area contributed by atoms with E-state index in [1.807, 2.05) is 0 Å². The van der Waals surface area contributed by atoms with Gasteiger partial charge >= 0.3 is 23.9 Å². The smallest absolute Gasteiger partial charge is 0.328 e. The number of allylic oxidation sites excluding steroid dienone is 7. The maximum absolute atomic E-state index is 11.6. The molecule has 0 fully saturated rings. The molecule has 5 N–H and O–H groups in total. The van der Waals surface area contributed by atoms with Crippen molar-refractivity contribution < 1.29 is 54.3 Å². The molecule has 0 spiro atoms. The summed E-state index contributed by atoms with van der Waals surface area (Å²) in [5, 5.41) is 43.3. The molecule has 0 saturated carbocycles. The van der Waals surface area contributed by atoms with Gasteiger partial charge in [-0.15, -0.1) is 0 Å². The Morgan fingerprint density at radius 3 is 1.82 bits per heavy atom. The Bertz CT molecular complexity index is 903. The molecule has 1 rings (SSSR count). The summed E-state index contributed by atoms with van der Waals surface area (Å²) in [6, 6.07) is 0. The summed E-state index contributed by atoms with van der Waals surface area (Å²) in [4.78, 5) is 64.0. The van der Waals surface area contributed by atoms with Crippen LogP contribution in [0.5, 0.6) is 0 Å². The molecule has 1 aliphatic rings. The molecule has 0 amide bonds. The van der Waals surface area contributed by atoms with Gasteiger partial charge in [-0.2, -0.15) is 0 Å². The maximum atomic E-state index is 11.6. The van der Waals surface area contributed by atoms with Crippen molar-refractivity contribution in [2.75, 3.05) is 0 Å². The third-order valence-corrected chi connectivity index (χ3v) is 3.85. The largest absolute Gasteiger partial charge is 0.481 e. The number of aliphatic hydroxyl groups is 1. The van der Waals surface area contributed by atoms with Crippen molar-refractivity contribution in [2.45, 2.75) is 31.8 Å². The van der Waals surface area contributed by atoms with E-state index in [2.05, 4.69) is 0 Å². The second-order valence-corrected chi connectivity index (χ2v) is 6.43. The molecular weight excluding hydrogens is 440 g/mol. The van der Waals surface area contributed by atoms with Crippen LogP contribution in [0.1, 0.15) is 25.7 Å². The van der Waals surface area contributed by atoms with Crippen LogP contribution >= 0.6 is 0 Å². The molecule has 178 valence electrons. The highest BCUT2D eigenvalue weighted by atomic mass is 16.4. The van der Waals surface area contributed by atoms with Gasteiger partial charge in [0.15, 0.2) is 11.6 Å². The molecule has 0 radical (unpaired) electrons. The van der Waals surface area contributed by atoms with Gasteiger partial charge < -0.3 is 25.5 Å². The van der Waals surface area contributed by atoms with E-state index >= 15 is 0 Å². The number of carboxylic acid groups (broad SMARTS) is 4. The third-order valence-electron chi connectivity index (χ3n) is 3.85. The minimum Gasteiger partial charge on any atom is -0.481 e. The quantitative estimate of drug-likeness (QED) is 0.205. The van der Waals surface area contributed by atoms with Crippen molar-refractivity contribution in [1.29, 1.82) is 0 Å². The number of aliphatic carboxylic acids is 4. The summed E-state index contributed by atoms with van der Waals surface area (Å²) >= 11 is 0. The molecule has 0 aromatic carbocycles. The standard InChI is InChI=1S/C11H12O6.C11H12O5/c12-7(4-5-9(14)15)6-2-1-3-8(13)10(6)11(16)17;12-9(7-8-11(15)16)5-3-1-2-4-6-10(13)14/h1-3,8,10,13H,4-5H2,(H,14,15)(H,16,17);1-6H,7-8H2,(H,13,14)(H,15,16)/b;2-1-,5-3+,6-4+/t8-,10?;/m1./s1. The number of carbonyl (C=O) groups is 6. The molecule has 0 bridgehead atoms. The van der Waals surface area contributed by atoms with Crippen molar-refractivity contribution in [3.8, 4) is 0 Å². The van der Waals surface area contributed by atoms with Gasteiger partial charge in [0.1, 0.15) is 5.92 Å². The van der Waals surface area contributed by atoms with Crippen molar-refractivity contribution in [1.82, 2.24) is 0 Å². The predicted octanol–water partition coefficient (Wildman–Crippen LogP) is 1.15. The van der Waals surface area contributed by atoms with Crippen LogP contribution in [-0.4, -0.2) is 67.1 Å². The van der Waals surface area contributed by atoms with Gasteiger partial charge in [0.05, 0.1) is 18.9 Å². The minimum atomic E-state index is -1.32. The minimum absolute atomic E-state index is 0.0371.